The lowest BCUT2D eigenvalue weighted by molar-refractivity contribution is -0.138. The van der Waals surface area contributed by atoms with Gasteiger partial charge in [0.15, 0.2) is 0 Å². The number of nitrogens with one attached hydrogen (secondary N) is 1. The third-order valence-electron chi connectivity index (χ3n) is 8.86. The number of alkyl halides is 7. The maximum atomic E-state index is 12.9. The van der Waals surface area contributed by atoms with E-state index in [2.05, 4.69) is 26.1 Å². The monoisotopic (exact) mass is 874 g/mol. The second kappa shape index (κ2) is 22.3. The van der Waals surface area contributed by atoms with Crippen molar-refractivity contribution in [1.29, 1.82) is 0 Å². The first-order valence-electron chi connectivity index (χ1n) is 18.2. The summed E-state index contributed by atoms with van der Waals surface area (Å²) in [5.41, 5.74) is -2.31. The highest BCUT2D eigenvalue weighted by Crippen LogP contribution is 2.35. The van der Waals surface area contributed by atoms with E-state index in [4.69, 9.17) is 18.9 Å². The molecule has 2 fully saturated rings. The van der Waals surface area contributed by atoms with Gasteiger partial charge in [-0.15, -0.1) is 12.4 Å². The van der Waals surface area contributed by atoms with Crippen molar-refractivity contribution >= 4 is 28.3 Å². The molecule has 2 atom stereocenters. The number of likely N-dealkylation sites (tertiary alicyclic amines) is 1. The molecule has 6 nitrogen and oxygen atoms in total. The molecule has 2 saturated heterocycles. The van der Waals surface area contributed by atoms with Crippen molar-refractivity contribution in [3.63, 3.8) is 0 Å². The van der Waals surface area contributed by atoms with Crippen molar-refractivity contribution in [2.45, 2.75) is 63.1 Å². The fourth-order valence-corrected chi connectivity index (χ4v) is 6.38. The molecule has 2 unspecified atom stereocenters. The van der Waals surface area contributed by atoms with Crippen LogP contribution in [0.1, 0.15) is 50.7 Å². The summed E-state index contributed by atoms with van der Waals surface area (Å²) in [4.78, 5) is 2.24. The molecule has 308 valence electrons. The van der Waals surface area contributed by atoms with E-state index in [1.807, 2.05) is 74.5 Å². The van der Waals surface area contributed by atoms with E-state index in [1.165, 1.54) is 12.1 Å². The van der Waals surface area contributed by atoms with Gasteiger partial charge in [0.05, 0.1) is 17.7 Å². The minimum absolute atomic E-state index is 0. The minimum atomic E-state index is -4.37. The van der Waals surface area contributed by atoms with E-state index >= 15 is 0 Å². The first-order chi connectivity index (χ1) is 26.2. The summed E-state index contributed by atoms with van der Waals surface area (Å²) < 4.78 is 99.2. The van der Waals surface area contributed by atoms with E-state index in [9.17, 15) is 26.3 Å². The lowest BCUT2D eigenvalue weighted by Crippen LogP contribution is -2.50. The number of hydrogen-bond donors (Lipinski definition) is 1. The number of nitrogens with zero attached hydrogens (tertiary/aromatic N) is 1. The van der Waals surface area contributed by atoms with Gasteiger partial charge < -0.3 is 24.3 Å². The molecule has 0 aromatic heterocycles. The Morgan fingerprint density at radius 3 is 1.61 bits per heavy atom. The Labute approximate surface area is 340 Å². The number of piperidine rings is 2. The van der Waals surface area contributed by atoms with Gasteiger partial charge in [-0.2, -0.15) is 26.3 Å². The Morgan fingerprint density at radius 1 is 0.643 bits per heavy atom. The van der Waals surface area contributed by atoms with Crippen LogP contribution >= 0.6 is 28.3 Å². The molecule has 1 N–H and O–H groups in total. The van der Waals surface area contributed by atoms with Gasteiger partial charge in [0.1, 0.15) is 40.8 Å². The fourth-order valence-electron chi connectivity index (χ4n) is 6.22. The van der Waals surface area contributed by atoms with Gasteiger partial charge >= 0.3 is 12.4 Å². The predicted octanol–water partition coefficient (Wildman–Crippen LogP) is 11.1. The fraction of sp³-hybridized carbons (Fsp3) is 0.429. The van der Waals surface area contributed by atoms with Gasteiger partial charge in [0.25, 0.3) is 0 Å². The average molecular weight is 876 g/mol. The zero-order valence-corrected chi connectivity index (χ0v) is 33.9. The van der Waals surface area contributed by atoms with Crippen molar-refractivity contribution in [3.8, 4) is 23.0 Å². The van der Waals surface area contributed by atoms with Gasteiger partial charge in [-0.25, -0.2) is 0 Å². The molecular formula is C42H50BrClF6N2O4. The predicted molar refractivity (Wildman–Crippen MR) is 214 cm³/mol. The molecule has 4 aromatic carbocycles. The topological polar surface area (TPSA) is 52.2 Å². The SMILES string of the molecule is BrCCOc1ccccc1.CC1(Oc2cccc(C(F)(F)F)c2)CCCN(CCOc2ccccc2)C1.CC1(Oc2cccc(C(F)(F)F)c2)CCCNC1.Cl. The Morgan fingerprint density at radius 2 is 1.12 bits per heavy atom. The third kappa shape index (κ3) is 16.4. The smallest absolute Gasteiger partial charge is 0.416 e. The molecule has 0 aliphatic carbocycles. The molecule has 2 heterocycles. The summed E-state index contributed by atoms with van der Waals surface area (Å²) in [5, 5.41) is 4.07. The summed E-state index contributed by atoms with van der Waals surface area (Å²) in [5.74, 6) is 2.30. The van der Waals surface area contributed by atoms with Crippen LogP contribution in [0, 0.1) is 0 Å². The Balaban J connectivity index is 0.000000249. The molecule has 6 rings (SSSR count). The lowest BCUT2D eigenvalue weighted by Gasteiger charge is -2.40. The molecule has 4 aromatic rings. The van der Waals surface area contributed by atoms with Gasteiger partial charge in [0, 0.05) is 25.0 Å². The summed E-state index contributed by atoms with van der Waals surface area (Å²) >= 11 is 3.28. The zero-order chi connectivity index (χ0) is 39.8. The first kappa shape index (κ1) is 46.7. The van der Waals surface area contributed by atoms with E-state index in [0.717, 1.165) is 93.0 Å². The van der Waals surface area contributed by atoms with Gasteiger partial charge in [-0.3, -0.25) is 4.90 Å². The quantitative estimate of drug-likeness (QED) is 0.120. The first-order valence-corrected chi connectivity index (χ1v) is 19.4. The largest absolute Gasteiger partial charge is 0.493 e. The molecular weight excluding hydrogens is 826 g/mol. The van der Waals surface area contributed by atoms with Crippen LogP contribution in [-0.2, 0) is 12.4 Å². The highest BCUT2D eigenvalue weighted by atomic mass is 79.9. The Bertz CT molecular complexity index is 1700. The molecule has 0 amide bonds. The number of ether oxygens (including phenoxy) is 4. The minimum Gasteiger partial charge on any atom is -0.493 e. The number of para-hydroxylation sites is 2. The normalized spacial score (nSPS) is 19.8. The maximum absolute atomic E-state index is 12.9. The van der Waals surface area contributed by atoms with Crippen molar-refractivity contribution < 1.29 is 45.3 Å². The zero-order valence-electron chi connectivity index (χ0n) is 31.5. The second-order valence-corrected chi connectivity index (χ2v) is 14.6. The molecule has 56 heavy (non-hydrogen) atoms. The van der Waals surface area contributed by atoms with Crippen LogP contribution in [0.15, 0.2) is 109 Å². The highest BCUT2D eigenvalue weighted by Gasteiger charge is 2.35. The van der Waals surface area contributed by atoms with Crippen LogP contribution < -0.4 is 24.3 Å². The van der Waals surface area contributed by atoms with Crippen molar-refractivity contribution in [2.24, 2.45) is 0 Å². The van der Waals surface area contributed by atoms with E-state index in [1.54, 1.807) is 12.1 Å². The molecule has 2 aliphatic rings. The van der Waals surface area contributed by atoms with Crippen molar-refractivity contribution in [1.82, 2.24) is 10.2 Å². The number of hydrogen-bond acceptors (Lipinski definition) is 6. The van der Waals surface area contributed by atoms with Crippen LogP contribution in [0.5, 0.6) is 23.0 Å². The van der Waals surface area contributed by atoms with Gasteiger partial charge in [-0.1, -0.05) is 64.5 Å². The summed E-state index contributed by atoms with van der Waals surface area (Å²) in [6, 6.07) is 29.6. The van der Waals surface area contributed by atoms with E-state index in [-0.39, 0.29) is 23.9 Å². The molecule has 0 saturated carbocycles. The van der Waals surface area contributed by atoms with Gasteiger partial charge in [0.2, 0.25) is 0 Å². The average Bonchev–Trinajstić information content (AvgIpc) is 3.15. The molecule has 0 bridgehead atoms. The van der Waals surface area contributed by atoms with Crippen LogP contribution in [0.4, 0.5) is 26.3 Å². The van der Waals surface area contributed by atoms with Crippen LogP contribution in [-0.4, -0.2) is 67.4 Å². The van der Waals surface area contributed by atoms with E-state index < -0.39 is 34.7 Å². The lowest BCUT2D eigenvalue weighted by atomic mass is 9.94. The van der Waals surface area contributed by atoms with Crippen molar-refractivity contribution in [3.05, 3.63) is 120 Å². The highest BCUT2D eigenvalue weighted by molar-refractivity contribution is 9.09. The number of rotatable bonds is 11. The standard InChI is InChI=1S/C21H24F3NO2.C13H16F3NO.C8H9BrO.ClH/c1-20(27-19-10-5-7-17(15-19)21(22,23)24)11-6-12-25(16-20)13-14-26-18-8-3-2-4-9-18;1-12(6-3-7-17-9-12)18-11-5-2-4-10(8-11)13(14,15)16;9-6-7-10-8-4-2-1-3-5-8;/h2-5,7-10,15H,6,11-14,16H2,1H3;2,4-5,8,17H,3,6-7,9H2,1H3;1-5H,6-7H2;1H. The molecule has 0 radical (unpaired) electrons. The van der Waals surface area contributed by atoms with E-state index in [0.29, 0.717) is 19.7 Å². The van der Waals surface area contributed by atoms with Gasteiger partial charge in [-0.05, 0) is 113 Å². The second-order valence-electron chi connectivity index (χ2n) is 13.8. The Hall–Kier alpha value is -3.65. The summed E-state index contributed by atoms with van der Waals surface area (Å²) in [6.07, 6.45) is -5.15. The summed E-state index contributed by atoms with van der Waals surface area (Å²) in [7, 11) is 0. The maximum Gasteiger partial charge on any atom is 0.416 e. The van der Waals surface area contributed by atoms with Crippen LogP contribution in [0.2, 0.25) is 0 Å². The number of benzene rings is 4. The molecule has 2 aliphatic heterocycles. The van der Waals surface area contributed by atoms with Crippen molar-refractivity contribution in [2.75, 3.05) is 51.3 Å². The molecule has 0 spiro atoms. The van der Waals surface area contributed by atoms with Crippen LogP contribution in [0.25, 0.3) is 0 Å². The third-order valence-corrected chi connectivity index (χ3v) is 9.18. The summed E-state index contributed by atoms with van der Waals surface area (Å²) in [6.45, 7) is 9.08. The Kier molecular flexibility index (Phi) is 18.6. The number of halogens is 8. The van der Waals surface area contributed by atoms with Crippen LogP contribution in [0.3, 0.4) is 0 Å². The molecule has 14 heteroatoms.